The van der Waals surface area contributed by atoms with E-state index in [1.165, 1.54) is 0 Å². The Morgan fingerprint density at radius 3 is 2.65 bits per heavy atom. The molecule has 0 saturated heterocycles. The zero-order valence-corrected chi connectivity index (χ0v) is 11.2. The first-order chi connectivity index (χ1) is 7.92. The number of ether oxygens (including phenoxy) is 1. The normalized spacial score (nSPS) is 13.2. The molecule has 0 aromatic heterocycles. The second-order valence-electron chi connectivity index (χ2n) is 5.13. The second-order valence-corrected chi connectivity index (χ2v) is 5.13. The van der Waals surface area contributed by atoms with E-state index in [0.717, 1.165) is 23.3 Å². The molecule has 0 bridgehead atoms. The van der Waals surface area contributed by atoms with E-state index in [4.69, 9.17) is 4.74 Å². The number of aryl methyl sites for hydroxylation is 1. The molecule has 1 aromatic rings. The highest BCUT2D eigenvalue weighted by Crippen LogP contribution is 2.40. The van der Waals surface area contributed by atoms with Crippen LogP contribution in [0.2, 0.25) is 0 Å². The number of allylic oxidation sites excluding steroid dienone is 1. The Morgan fingerprint density at radius 2 is 2.12 bits per heavy atom. The predicted molar refractivity (Wildman–Crippen MR) is 71.3 cm³/mol. The van der Waals surface area contributed by atoms with E-state index < -0.39 is 6.10 Å². The van der Waals surface area contributed by atoms with Crippen LogP contribution in [-0.4, -0.2) is 12.2 Å². The minimum absolute atomic E-state index is 0.247. The Hall–Kier alpha value is -1.28. The minimum atomic E-state index is -0.560. The van der Waals surface area contributed by atoms with Crippen molar-refractivity contribution in [1.29, 1.82) is 0 Å². The quantitative estimate of drug-likeness (QED) is 0.788. The molecule has 2 nitrogen and oxygen atoms in total. The number of hydrogen-bond donors (Lipinski definition) is 1. The summed E-state index contributed by atoms with van der Waals surface area (Å²) in [5.74, 6) is 0.736. The Kier molecular flexibility index (Phi) is 4.35. The van der Waals surface area contributed by atoms with E-state index in [1.807, 2.05) is 45.0 Å². The molecule has 1 rings (SSSR count). The fraction of sp³-hybridized carbons (Fsp3) is 0.467. The van der Waals surface area contributed by atoms with Gasteiger partial charge in [-0.2, -0.15) is 0 Å². The van der Waals surface area contributed by atoms with Crippen LogP contribution in [0.3, 0.4) is 0 Å². The van der Waals surface area contributed by atoms with E-state index in [2.05, 4.69) is 6.58 Å². The molecule has 0 spiro atoms. The Balaban J connectivity index is 3.14. The van der Waals surface area contributed by atoms with Crippen LogP contribution in [0.5, 0.6) is 5.75 Å². The third-order valence-electron chi connectivity index (χ3n) is 3.09. The van der Waals surface area contributed by atoms with E-state index in [9.17, 15) is 5.11 Å². The fourth-order valence-corrected chi connectivity index (χ4v) is 1.97. The molecule has 17 heavy (non-hydrogen) atoms. The molecule has 0 heterocycles. The standard InChI is InChI=1S/C15H22O2/c1-6-9-15(3,4)14(16)12-10-11(2)7-8-13(12)17-5/h6-8,10,14,16H,1,9H2,2-5H3. The summed E-state index contributed by atoms with van der Waals surface area (Å²) in [4.78, 5) is 0. The number of rotatable bonds is 5. The largest absolute Gasteiger partial charge is 0.496 e. The molecule has 1 N–H and O–H groups in total. The highest BCUT2D eigenvalue weighted by molar-refractivity contribution is 5.39. The lowest BCUT2D eigenvalue weighted by molar-refractivity contribution is 0.0493. The van der Waals surface area contributed by atoms with Gasteiger partial charge in [-0.15, -0.1) is 6.58 Å². The number of aliphatic hydroxyl groups is 1. The Labute approximate surface area is 104 Å². The molecule has 0 aliphatic carbocycles. The molecule has 1 atom stereocenters. The van der Waals surface area contributed by atoms with E-state index in [-0.39, 0.29) is 5.41 Å². The van der Waals surface area contributed by atoms with E-state index >= 15 is 0 Å². The molecule has 2 heteroatoms. The van der Waals surface area contributed by atoms with Crippen LogP contribution in [0.4, 0.5) is 0 Å². The van der Waals surface area contributed by atoms with Crippen molar-refractivity contribution in [2.75, 3.05) is 7.11 Å². The molecule has 0 saturated carbocycles. The van der Waals surface area contributed by atoms with Gasteiger partial charge in [-0.3, -0.25) is 0 Å². The van der Waals surface area contributed by atoms with Crippen molar-refractivity contribution in [3.05, 3.63) is 42.0 Å². The maximum absolute atomic E-state index is 10.5. The summed E-state index contributed by atoms with van der Waals surface area (Å²) in [6, 6.07) is 5.86. The van der Waals surface area contributed by atoms with Gasteiger partial charge in [0.2, 0.25) is 0 Å². The number of hydrogen-bond acceptors (Lipinski definition) is 2. The highest BCUT2D eigenvalue weighted by Gasteiger charge is 2.29. The van der Waals surface area contributed by atoms with Gasteiger partial charge in [0.25, 0.3) is 0 Å². The lowest BCUT2D eigenvalue weighted by atomic mass is 9.79. The fourth-order valence-electron chi connectivity index (χ4n) is 1.97. The highest BCUT2D eigenvalue weighted by atomic mass is 16.5. The summed E-state index contributed by atoms with van der Waals surface area (Å²) in [5.41, 5.74) is 1.72. The SMILES string of the molecule is C=CCC(C)(C)C(O)c1cc(C)ccc1OC. The van der Waals surface area contributed by atoms with Gasteiger partial charge in [0, 0.05) is 5.56 Å². The van der Waals surface area contributed by atoms with Crippen molar-refractivity contribution in [2.45, 2.75) is 33.3 Å². The lowest BCUT2D eigenvalue weighted by Crippen LogP contribution is -2.22. The minimum Gasteiger partial charge on any atom is -0.496 e. The van der Waals surface area contributed by atoms with Crippen molar-refractivity contribution >= 4 is 0 Å². The van der Waals surface area contributed by atoms with Gasteiger partial charge >= 0.3 is 0 Å². The van der Waals surface area contributed by atoms with Crippen LogP contribution >= 0.6 is 0 Å². The summed E-state index contributed by atoms with van der Waals surface area (Å²) in [6.45, 7) is 9.81. The first-order valence-electron chi connectivity index (χ1n) is 5.86. The zero-order chi connectivity index (χ0) is 13.1. The zero-order valence-electron chi connectivity index (χ0n) is 11.2. The summed E-state index contributed by atoms with van der Waals surface area (Å²) in [6.07, 6.45) is 2.03. The molecule has 0 amide bonds. The first kappa shape index (κ1) is 13.8. The van der Waals surface area contributed by atoms with E-state index in [0.29, 0.717) is 0 Å². The predicted octanol–water partition coefficient (Wildman–Crippen LogP) is 3.64. The van der Waals surface area contributed by atoms with Crippen LogP contribution in [0.25, 0.3) is 0 Å². The Morgan fingerprint density at radius 1 is 1.47 bits per heavy atom. The van der Waals surface area contributed by atoms with Crippen molar-refractivity contribution in [2.24, 2.45) is 5.41 Å². The van der Waals surface area contributed by atoms with Crippen LogP contribution in [-0.2, 0) is 0 Å². The Bertz CT molecular complexity index is 394. The third kappa shape index (κ3) is 3.10. The molecule has 1 unspecified atom stereocenters. The maximum atomic E-state index is 10.5. The third-order valence-corrected chi connectivity index (χ3v) is 3.09. The van der Waals surface area contributed by atoms with Crippen molar-refractivity contribution in [1.82, 2.24) is 0 Å². The average molecular weight is 234 g/mol. The smallest absolute Gasteiger partial charge is 0.124 e. The summed E-state index contributed by atoms with van der Waals surface area (Å²) >= 11 is 0. The van der Waals surface area contributed by atoms with Gasteiger partial charge in [0.05, 0.1) is 13.2 Å². The lowest BCUT2D eigenvalue weighted by Gasteiger charge is -2.30. The molecular weight excluding hydrogens is 212 g/mol. The van der Waals surface area contributed by atoms with Gasteiger partial charge in [0.1, 0.15) is 5.75 Å². The monoisotopic (exact) mass is 234 g/mol. The molecule has 0 aliphatic rings. The summed E-state index contributed by atoms with van der Waals surface area (Å²) in [5, 5.41) is 10.5. The topological polar surface area (TPSA) is 29.5 Å². The van der Waals surface area contributed by atoms with Gasteiger partial charge in [-0.25, -0.2) is 0 Å². The molecular formula is C15H22O2. The van der Waals surface area contributed by atoms with Crippen LogP contribution in [0.1, 0.15) is 37.5 Å². The molecule has 0 radical (unpaired) electrons. The van der Waals surface area contributed by atoms with Crippen molar-refractivity contribution in [3.8, 4) is 5.75 Å². The molecule has 1 aromatic carbocycles. The molecule has 0 fully saturated rings. The van der Waals surface area contributed by atoms with Gasteiger partial charge in [-0.1, -0.05) is 31.6 Å². The van der Waals surface area contributed by atoms with Gasteiger partial charge < -0.3 is 9.84 Å². The maximum Gasteiger partial charge on any atom is 0.124 e. The van der Waals surface area contributed by atoms with Crippen molar-refractivity contribution < 1.29 is 9.84 Å². The number of benzene rings is 1. The number of aliphatic hydroxyl groups excluding tert-OH is 1. The second kappa shape index (κ2) is 5.37. The molecule has 94 valence electrons. The number of methoxy groups -OCH3 is 1. The van der Waals surface area contributed by atoms with Gasteiger partial charge in [-0.05, 0) is 30.9 Å². The van der Waals surface area contributed by atoms with Crippen LogP contribution in [0.15, 0.2) is 30.9 Å². The van der Waals surface area contributed by atoms with Crippen LogP contribution in [0, 0.1) is 12.3 Å². The van der Waals surface area contributed by atoms with Crippen LogP contribution < -0.4 is 4.74 Å². The summed E-state index contributed by atoms with van der Waals surface area (Å²) in [7, 11) is 1.63. The first-order valence-corrected chi connectivity index (χ1v) is 5.86. The van der Waals surface area contributed by atoms with E-state index in [1.54, 1.807) is 7.11 Å². The van der Waals surface area contributed by atoms with Gasteiger partial charge in [0.15, 0.2) is 0 Å². The molecule has 0 aliphatic heterocycles. The van der Waals surface area contributed by atoms with Crippen molar-refractivity contribution in [3.63, 3.8) is 0 Å². The summed E-state index contributed by atoms with van der Waals surface area (Å²) < 4.78 is 5.31. The average Bonchev–Trinajstić information content (AvgIpc) is 2.28.